The van der Waals surface area contributed by atoms with E-state index in [2.05, 4.69) is 46.6 Å². The van der Waals surface area contributed by atoms with E-state index in [9.17, 15) is 4.79 Å². The van der Waals surface area contributed by atoms with E-state index in [-0.39, 0.29) is 5.91 Å². The SMILES string of the molecule is CN(Cc1nnc2n1CCC2)C(=O)c1cc(Br)ccc1Br. The Hall–Kier alpha value is -1.21. The van der Waals surface area contributed by atoms with Crippen molar-refractivity contribution in [2.45, 2.75) is 25.9 Å². The fourth-order valence-corrected chi connectivity index (χ4v) is 3.26. The first-order valence-electron chi connectivity index (χ1n) is 6.67. The van der Waals surface area contributed by atoms with Crippen LogP contribution in [0, 0.1) is 0 Å². The van der Waals surface area contributed by atoms with E-state index >= 15 is 0 Å². The summed E-state index contributed by atoms with van der Waals surface area (Å²) in [5.74, 6) is 1.83. The highest BCUT2D eigenvalue weighted by atomic mass is 79.9. The molecular formula is C14H14Br2N4O. The highest BCUT2D eigenvalue weighted by molar-refractivity contribution is 9.11. The van der Waals surface area contributed by atoms with Crippen molar-refractivity contribution in [3.05, 3.63) is 44.4 Å². The quantitative estimate of drug-likeness (QED) is 0.776. The molecule has 0 bridgehead atoms. The zero-order valence-electron chi connectivity index (χ0n) is 11.5. The van der Waals surface area contributed by atoms with Crippen LogP contribution < -0.4 is 0 Å². The molecular weight excluding hydrogens is 400 g/mol. The molecule has 0 atom stereocenters. The Morgan fingerprint density at radius 1 is 1.38 bits per heavy atom. The molecule has 2 aromatic rings. The smallest absolute Gasteiger partial charge is 0.255 e. The maximum Gasteiger partial charge on any atom is 0.255 e. The number of carbonyl (C=O) groups is 1. The van der Waals surface area contributed by atoms with Crippen molar-refractivity contribution in [2.24, 2.45) is 0 Å². The molecule has 0 spiro atoms. The van der Waals surface area contributed by atoms with Crippen molar-refractivity contribution in [3.63, 3.8) is 0 Å². The lowest BCUT2D eigenvalue weighted by molar-refractivity contribution is 0.0779. The molecule has 110 valence electrons. The third kappa shape index (κ3) is 2.89. The van der Waals surface area contributed by atoms with Gasteiger partial charge in [-0.15, -0.1) is 10.2 Å². The molecule has 1 aliphatic rings. The van der Waals surface area contributed by atoms with Gasteiger partial charge >= 0.3 is 0 Å². The molecule has 0 fully saturated rings. The molecule has 21 heavy (non-hydrogen) atoms. The van der Waals surface area contributed by atoms with Crippen LogP contribution in [0.2, 0.25) is 0 Å². The van der Waals surface area contributed by atoms with E-state index in [1.165, 1.54) is 0 Å². The van der Waals surface area contributed by atoms with Crippen LogP contribution in [0.25, 0.3) is 0 Å². The van der Waals surface area contributed by atoms with Gasteiger partial charge < -0.3 is 9.47 Å². The first-order valence-corrected chi connectivity index (χ1v) is 8.26. The second-order valence-corrected chi connectivity index (χ2v) is 6.84. The van der Waals surface area contributed by atoms with Crippen LogP contribution in [0.15, 0.2) is 27.1 Å². The molecule has 7 heteroatoms. The lowest BCUT2D eigenvalue weighted by atomic mass is 10.2. The number of carbonyl (C=O) groups excluding carboxylic acids is 1. The minimum absolute atomic E-state index is 0.0430. The molecule has 0 saturated carbocycles. The van der Waals surface area contributed by atoms with Gasteiger partial charge in [-0.05, 0) is 40.5 Å². The molecule has 5 nitrogen and oxygen atoms in total. The summed E-state index contributed by atoms with van der Waals surface area (Å²) in [5.41, 5.74) is 0.632. The van der Waals surface area contributed by atoms with Crippen LogP contribution in [0.5, 0.6) is 0 Å². The number of hydrogen-bond donors (Lipinski definition) is 0. The molecule has 1 aromatic heterocycles. The number of rotatable bonds is 3. The molecule has 1 aromatic carbocycles. The Bertz CT molecular complexity index is 698. The largest absolute Gasteiger partial charge is 0.334 e. The fraction of sp³-hybridized carbons (Fsp3) is 0.357. The standard InChI is InChI=1S/C14H14Br2N4O/c1-19(8-13-18-17-12-3-2-6-20(12)13)14(21)10-7-9(15)4-5-11(10)16/h4-5,7H,2-3,6,8H2,1H3. The van der Waals surface area contributed by atoms with E-state index in [0.717, 1.165) is 40.0 Å². The number of hydrogen-bond acceptors (Lipinski definition) is 3. The number of aromatic nitrogens is 3. The van der Waals surface area contributed by atoms with E-state index in [1.807, 2.05) is 18.2 Å². The Labute approximate surface area is 139 Å². The Morgan fingerprint density at radius 3 is 3.00 bits per heavy atom. The molecule has 1 amide bonds. The molecule has 3 rings (SSSR count). The fourth-order valence-electron chi connectivity index (χ4n) is 2.48. The maximum atomic E-state index is 12.6. The van der Waals surface area contributed by atoms with Crippen molar-refractivity contribution in [2.75, 3.05) is 7.05 Å². The van der Waals surface area contributed by atoms with Crippen LogP contribution in [-0.4, -0.2) is 32.6 Å². The average molecular weight is 414 g/mol. The zero-order chi connectivity index (χ0) is 15.0. The van der Waals surface area contributed by atoms with Gasteiger partial charge in [0.2, 0.25) is 0 Å². The minimum atomic E-state index is -0.0430. The Balaban J connectivity index is 1.80. The topological polar surface area (TPSA) is 51.0 Å². The maximum absolute atomic E-state index is 12.6. The second-order valence-electron chi connectivity index (χ2n) is 5.07. The summed E-state index contributed by atoms with van der Waals surface area (Å²) < 4.78 is 3.78. The van der Waals surface area contributed by atoms with E-state index in [1.54, 1.807) is 11.9 Å². The summed E-state index contributed by atoms with van der Waals surface area (Å²) in [6.45, 7) is 1.41. The average Bonchev–Trinajstić information content (AvgIpc) is 3.05. The first-order chi connectivity index (χ1) is 10.1. The zero-order valence-corrected chi connectivity index (χ0v) is 14.7. The summed E-state index contributed by atoms with van der Waals surface area (Å²) >= 11 is 6.82. The van der Waals surface area contributed by atoms with Crippen molar-refractivity contribution in [1.82, 2.24) is 19.7 Å². The number of halogens is 2. The molecule has 0 radical (unpaired) electrons. The summed E-state index contributed by atoms with van der Waals surface area (Å²) in [6.07, 6.45) is 2.08. The van der Waals surface area contributed by atoms with Crippen LogP contribution in [-0.2, 0) is 19.5 Å². The van der Waals surface area contributed by atoms with Gasteiger partial charge in [0.25, 0.3) is 5.91 Å². The number of amides is 1. The lowest BCUT2D eigenvalue weighted by Crippen LogP contribution is -2.28. The van der Waals surface area contributed by atoms with Gasteiger partial charge in [-0.25, -0.2) is 0 Å². The predicted octanol–water partition coefficient (Wildman–Crippen LogP) is 3.02. The minimum Gasteiger partial charge on any atom is -0.334 e. The third-order valence-electron chi connectivity index (χ3n) is 3.57. The number of fused-ring (bicyclic) bond motifs is 1. The van der Waals surface area contributed by atoms with Gasteiger partial charge in [-0.3, -0.25) is 4.79 Å². The first kappa shape index (κ1) is 14.7. The molecule has 0 unspecified atom stereocenters. The van der Waals surface area contributed by atoms with Gasteiger partial charge in [-0.2, -0.15) is 0 Å². The highest BCUT2D eigenvalue weighted by Gasteiger charge is 2.21. The number of nitrogens with zero attached hydrogens (tertiary/aromatic N) is 4. The van der Waals surface area contributed by atoms with Crippen LogP contribution >= 0.6 is 31.9 Å². The van der Waals surface area contributed by atoms with Crippen molar-refractivity contribution in [1.29, 1.82) is 0 Å². The highest BCUT2D eigenvalue weighted by Crippen LogP contribution is 2.23. The monoisotopic (exact) mass is 412 g/mol. The third-order valence-corrected chi connectivity index (χ3v) is 4.75. The summed E-state index contributed by atoms with van der Waals surface area (Å²) in [7, 11) is 1.78. The van der Waals surface area contributed by atoms with Crippen LogP contribution in [0.1, 0.15) is 28.4 Å². The predicted molar refractivity (Wildman–Crippen MR) is 86.0 cm³/mol. The molecule has 0 N–H and O–H groups in total. The van der Waals surface area contributed by atoms with E-state index in [4.69, 9.17) is 0 Å². The Kier molecular flexibility index (Phi) is 4.12. The van der Waals surface area contributed by atoms with Gasteiger partial charge in [0.15, 0.2) is 5.82 Å². The number of benzene rings is 1. The van der Waals surface area contributed by atoms with E-state index < -0.39 is 0 Å². The van der Waals surface area contributed by atoms with E-state index in [0.29, 0.717) is 12.1 Å². The van der Waals surface area contributed by atoms with Crippen molar-refractivity contribution in [3.8, 4) is 0 Å². The molecule has 2 heterocycles. The van der Waals surface area contributed by atoms with Gasteiger partial charge in [0.05, 0.1) is 12.1 Å². The Morgan fingerprint density at radius 2 is 2.19 bits per heavy atom. The molecule has 1 aliphatic heterocycles. The van der Waals surface area contributed by atoms with Crippen LogP contribution in [0.4, 0.5) is 0 Å². The molecule has 0 aliphatic carbocycles. The van der Waals surface area contributed by atoms with Gasteiger partial charge in [0, 0.05) is 29.0 Å². The normalized spacial score (nSPS) is 13.3. The number of aryl methyl sites for hydroxylation is 1. The van der Waals surface area contributed by atoms with Gasteiger partial charge in [0.1, 0.15) is 5.82 Å². The summed E-state index contributed by atoms with van der Waals surface area (Å²) in [6, 6.07) is 5.57. The lowest BCUT2D eigenvalue weighted by Gasteiger charge is -2.18. The van der Waals surface area contributed by atoms with Crippen LogP contribution in [0.3, 0.4) is 0 Å². The van der Waals surface area contributed by atoms with Gasteiger partial charge in [-0.1, -0.05) is 15.9 Å². The summed E-state index contributed by atoms with van der Waals surface area (Å²) in [4.78, 5) is 14.2. The van der Waals surface area contributed by atoms with Crippen molar-refractivity contribution < 1.29 is 4.79 Å². The van der Waals surface area contributed by atoms with Crippen molar-refractivity contribution >= 4 is 37.8 Å². The summed E-state index contributed by atoms with van der Waals surface area (Å²) in [5, 5.41) is 8.36. The molecule has 0 saturated heterocycles. The second kappa shape index (κ2) is 5.88.